The van der Waals surface area contributed by atoms with E-state index < -0.39 is 0 Å². The number of hydrogen-bond acceptors (Lipinski definition) is 5. The molecule has 0 aliphatic carbocycles. The lowest BCUT2D eigenvalue weighted by Gasteiger charge is -2.24. The average molecular weight is 340 g/mol. The summed E-state index contributed by atoms with van der Waals surface area (Å²) in [6.07, 6.45) is 10.5. The van der Waals surface area contributed by atoms with Crippen molar-refractivity contribution in [3.63, 3.8) is 0 Å². The summed E-state index contributed by atoms with van der Waals surface area (Å²) in [5, 5.41) is 16.8. The summed E-state index contributed by atoms with van der Waals surface area (Å²) in [6.45, 7) is 2.37. The van der Waals surface area contributed by atoms with Gasteiger partial charge in [0, 0.05) is 31.1 Å². The van der Waals surface area contributed by atoms with E-state index in [1.807, 2.05) is 10.7 Å². The number of nitro groups is 1. The minimum absolute atomic E-state index is 0.0926. The highest BCUT2D eigenvalue weighted by atomic mass is 16.6. The van der Waals surface area contributed by atoms with Crippen LogP contribution in [-0.2, 0) is 4.74 Å². The molecule has 0 N–H and O–H groups in total. The van der Waals surface area contributed by atoms with Crippen molar-refractivity contribution in [2.45, 2.75) is 38.3 Å². The Morgan fingerprint density at radius 3 is 2.72 bits per heavy atom. The highest BCUT2D eigenvalue weighted by Crippen LogP contribution is 2.37. The lowest BCUT2D eigenvalue weighted by Crippen LogP contribution is -2.20. The van der Waals surface area contributed by atoms with Crippen LogP contribution in [0.1, 0.15) is 44.0 Å². The molecule has 0 amide bonds. The molecule has 2 saturated heterocycles. The van der Waals surface area contributed by atoms with Crippen molar-refractivity contribution in [3.05, 3.63) is 27.9 Å². The molecule has 1 aromatic carbocycles. The molecule has 3 heterocycles. The van der Waals surface area contributed by atoms with Crippen molar-refractivity contribution >= 4 is 22.3 Å². The summed E-state index contributed by atoms with van der Waals surface area (Å²) in [7, 11) is 0. The van der Waals surface area contributed by atoms with Crippen LogP contribution in [0, 0.1) is 22.5 Å². The highest BCUT2D eigenvalue weighted by molar-refractivity contribution is 5.92. The van der Waals surface area contributed by atoms with Crippen molar-refractivity contribution < 1.29 is 9.66 Å². The Morgan fingerprint density at radius 1 is 1.28 bits per heavy atom. The van der Waals surface area contributed by atoms with Gasteiger partial charge >= 0.3 is 0 Å². The van der Waals surface area contributed by atoms with E-state index in [9.17, 15) is 10.1 Å². The van der Waals surface area contributed by atoms with Gasteiger partial charge in [0.15, 0.2) is 6.23 Å². The number of fused-ring (bicyclic) bond motifs is 1. The van der Waals surface area contributed by atoms with Crippen LogP contribution in [0.25, 0.3) is 10.9 Å². The molecule has 0 bridgehead atoms. The maximum Gasteiger partial charge on any atom is 0.293 e. The second-order valence-corrected chi connectivity index (χ2v) is 6.57. The Balaban J connectivity index is 1.91. The number of nitro benzene ring substituents is 1. The van der Waals surface area contributed by atoms with Gasteiger partial charge in [-0.15, -0.1) is 6.42 Å². The van der Waals surface area contributed by atoms with Gasteiger partial charge in [0.1, 0.15) is 11.4 Å². The Hall–Kier alpha value is -2.59. The molecule has 1 unspecified atom stereocenters. The molecule has 0 spiro atoms. The quantitative estimate of drug-likeness (QED) is 0.487. The summed E-state index contributed by atoms with van der Waals surface area (Å²) in [5.41, 5.74) is 1.98. The molecular formula is C18H20N4O3. The fraction of sp³-hybridized carbons (Fsp3) is 0.500. The predicted molar refractivity (Wildman–Crippen MR) is 94.6 cm³/mol. The largest absolute Gasteiger partial charge is 0.366 e. The Morgan fingerprint density at radius 2 is 2.08 bits per heavy atom. The van der Waals surface area contributed by atoms with Gasteiger partial charge in [-0.2, -0.15) is 5.10 Å². The van der Waals surface area contributed by atoms with Gasteiger partial charge in [0.2, 0.25) is 0 Å². The zero-order valence-corrected chi connectivity index (χ0v) is 14.0. The lowest BCUT2D eigenvalue weighted by atomic mass is 10.1. The summed E-state index contributed by atoms with van der Waals surface area (Å²) >= 11 is 0. The van der Waals surface area contributed by atoms with E-state index in [2.05, 4.69) is 15.9 Å². The van der Waals surface area contributed by atoms with Gasteiger partial charge in [-0.05, 0) is 44.1 Å². The van der Waals surface area contributed by atoms with E-state index in [1.165, 1.54) is 0 Å². The van der Waals surface area contributed by atoms with E-state index in [-0.39, 0.29) is 16.8 Å². The first-order chi connectivity index (χ1) is 12.2. The standard InChI is InChI=1S/C18H20N4O3/c1-2-14-13-11-17(22(23)24)16(20-8-4-5-9-20)12-15(13)21(19-14)18-7-3-6-10-25-18/h1,11-12,18H,3-10H2. The molecular weight excluding hydrogens is 320 g/mol. The number of nitrogens with zero attached hydrogens (tertiary/aromatic N) is 4. The van der Waals surface area contributed by atoms with Crippen LogP contribution < -0.4 is 4.90 Å². The van der Waals surface area contributed by atoms with E-state index >= 15 is 0 Å². The minimum Gasteiger partial charge on any atom is -0.366 e. The van der Waals surface area contributed by atoms with E-state index in [1.54, 1.807) is 6.07 Å². The van der Waals surface area contributed by atoms with Gasteiger partial charge in [-0.3, -0.25) is 10.1 Å². The first-order valence-electron chi connectivity index (χ1n) is 8.73. The van der Waals surface area contributed by atoms with E-state index in [0.29, 0.717) is 23.4 Å². The summed E-state index contributed by atoms with van der Waals surface area (Å²) in [5.74, 6) is 2.56. The fourth-order valence-electron chi connectivity index (χ4n) is 3.76. The molecule has 2 aliphatic heterocycles. The van der Waals surface area contributed by atoms with Crippen molar-refractivity contribution in [3.8, 4) is 12.3 Å². The van der Waals surface area contributed by atoms with E-state index in [4.69, 9.17) is 11.2 Å². The SMILES string of the molecule is C#Cc1nn(C2CCCCO2)c2cc(N3CCCC3)c([N+](=O)[O-])cc12. The van der Waals surface area contributed by atoms with Crippen LogP contribution in [0.5, 0.6) is 0 Å². The Labute approximate surface area is 145 Å². The number of benzene rings is 1. The topological polar surface area (TPSA) is 73.4 Å². The van der Waals surface area contributed by atoms with Crippen LogP contribution in [-0.4, -0.2) is 34.4 Å². The number of aromatic nitrogens is 2. The van der Waals surface area contributed by atoms with Crippen LogP contribution in [0.15, 0.2) is 12.1 Å². The van der Waals surface area contributed by atoms with Gasteiger partial charge < -0.3 is 9.64 Å². The second-order valence-electron chi connectivity index (χ2n) is 6.57. The summed E-state index contributed by atoms with van der Waals surface area (Å²) in [4.78, 5) is 13.3. The highest BCUT2D eigenvalue weighted by Gasteiger charge is 2.27. The number of hydrogen-bond donors (Lipinski definition) is 0. The third-order valence-corrected chi connectivity index (χ3v) is 5.01. The maximum atomic E-state index is 11.6. The smallest absolute Gasteiger partial charge is 0.293 e. The van der Waals surface area contributed by atoms with Crippen molar-refractivity contribution in [1.29, 1.82) is 0 Å². The molecule has 7 heteroatoms. The average Bonchev–Trinajstić information content (AvgIpc) is 3.29. The molecule has 2 fully saturated rings. The summed E-state index contributed by atoms with van der Waals surface area (Å²) in [6, 6.07) is 3.44. The summed E-state index contributed by atoms with van der Waals surface area (Å²) < 4.78 is 7.67. The first kappa shape index (κ1) is 15.9. The van der Waals surface area contributed by atoms with Crippen molar-refractivity contribution in [2.75, 3.05) is 24.6 Å². The molecule has 130 valence electrons. The number of terminal acetylenes is 1. The molecule has 25 heavy (non-hydrogen) atoms. The second kappa shape index (κ2) is 6.37. The monoisotopic (exact) mass is 340 g/mol. The van der Waals surface area contributed by atoms with Crippen molar-refractivity contribution in [1.82, 2.24) is 9.78 Å². The van der Waals surface area contributed by atoms with Crippen molar-refractivity contribution in [2.24, 2.45) is 0 Å². The molecule has 0 radical (unpaired) electrons. The third-order valence-electron chi connectivity index (χ3n) is 5.01. The molecule has 2 aliphatic rings. The minimum atomic E-state index is -0.332. The first-order valence-corrected chi connectivity index (χ1v) is 8.73. The molecule has 4 rings (SSSR count). The van der Waals surface area contributed by atoms with Gasteiger partial charge in [0.05, 0.1) is 10.4 Å². The fourth-order valence-corrected chi connectivity index (χ4v) is 3.76. The Bertz CT molecular complexity index is 855. The molecule has 0 saturated carbocycles. The van der Waals surface area contributed by atoms with Gasteiger partial charge in [-0.25, -0.2) is 4.68 Å². The molecule has 2 aromatic rings. The van der Waals surface area contributed by atoms with Crippen LogP contribution in [0.3, 0.4) is 0 Å². The van der Waals surface area contributed by atoms with E-state index in [0.717, 1.165) is 50.7 Å². The van der Waals surface area contributed by atoms with Crippen LogP contribution in [0.2, 0.25) is 0 Å². The zero-order chi connectivity index (χ0) is 17.4. The zero-order valence-electron chi connectivity index (χ0n) is 14.0. The predicted octanol–water partition coefficient (Wildman–Crippen LogP) is 3.23. The van der Waals surface area contributed by atoms with Gasteiger partial charge in [-0.1, -0.05) is 0 Å². The molecule has 1 aromatic heterocycles. The number of ether oxygens (including phenoxy) is 1. The van der Waals surface area contributed by atoms with Gasteiger partial charge in [0.25, 0.3) is 5.69 Å². The number of anilines is 1. The van der Waals surface area contributed by atoms with Crippen LogP contribution >= 0.6 is 0 Å². The van der Waals surface area contributed by atoms with Crippen LogP contribution in [0.4, 0.5) is 11.4 Å². The third kappa shape index (κ3) is 2.72. The molecule has 1 atom stereocenters. The maximum absolute atomic E-state index is 11.6. The normalized spacial score (nSPS) is 20.8. The Kier molecular flexibility index (Phi) is 4.06. The lowest BCUT2D eigenvalue weighted by molar-refractivity contribution is -0.384. The number of rotatable bonds is 3. The molecule has 7 nitrogen and oxygen atoms in total.